The summed E-state index contributed by atoms with van der Waals surface area (Å²) in [6, 6.07) is 8.16. The van der Waals surface area contributed by atoms with Crippen molar-refractivity contribution in [1.29, 1.82) is 0 Å². The van der Waals surface area contributed by atoms with Crippen LogP contribution in [-0.4, -0.2) is 12.5 Å². The van der Waals surface area contributed by atoms with Gasteiger partial charge < -0.3 is 10.6 Å². The van der Waals surface area contributed by atoms with E-state index in [4.69, 9.17) is 0 Å². The minimum atomic E-state index is 0. The van der Waals surface area contributed by atoms with E-state index >= 15 is 0 Å². The largest absolute Gasteiger partial charge is 0.326 e. The van der Waals surface area contributed by atoms with Crippen LogP contribution in [0.15, 0.2) is 24.3 Å². The van der Waals surface area contributed by atoms with Crippen LogP contribution in [0.25, 0.3) is 0 Å². The molecule has 0 bridgehead atoms. The number of carbonyl (C=O) groups is 1. The summed E-state index contributed by atoms with van der Waals surface area (Å²) in [7, 11) is 0. The highest BCUT2D eigenvalue weighted by Crippen LogP contribution is 2.42. The summed E-state index contributed by atoms with van der Waals surface area (Å²) >= 11 is 0. The van der Waals surface area contributed by atoms with Gasteiger partial charge in [0.25, 0.3) is 0 Å². The maximum atomic E-state index is 12.7. The van der Waals surface area contributed by atoms with Crippen molar-refractivity contribution in [2.75, 3.05) is 11.9 Å². The van der Waals surface area contributed by atoms with Crippen LogP contribution in [0, 0.1) is 17.8 Å². The average molecular weight is 351 g/mol. The van der Waals surface area contributed by atoms with E-state index in [-0.39, 0.29) is 24.2 Å². The molecular weight excluding hydrogens is 320 g/mol. The molecule has 3 nitrogen and oxygen atoms in total. The Morgan fingerprint density at radius 1 is 1.08 bits per heavy atom. The van der Waals surface area contributed by atoms with Gasteiger partial charge in [-0.2, -0.15) is 0 Å². The third-order valence-corrected chi connectivity index (χ3v) is 5.75. The summed E-state index contributed by atoms with van der Waals surface area (Å²) in [6.07, 6.45) is 8.92. The lowest BCUT2D eigenvalue weighted by atomic mass is 9.67. The number of nitrogens with one attached hydrogen (secondary N) is 2. The maximum Gasteiger partial charge on any atom is 0.227 e. The predicted molar refractivity (Wildman–Crippen MR) is 102 cm³/mol. The van der Waals surface area contributed by atoms with Gasteiger partial charge in [0.05, 0.1) is 0 Å². The maximum absolute atomic E-state index is 12.7. The second-order valence-electron chi connectivity index (χ2n) is 7.24. The number of rotatable bonds is 5. The summed E-state index contributed by atoms with van der Waals surface area (Å²) in [6.45, 7) is 3.85. The Balaban J connectivity index is 0.00000208. The Morgan fingerprint density at radius 3 is 2.62 bits per heavy atom. The van der Waals surface area contributed by atoms with Crippen molar-refractivity contribution in [3.8, 4) is 0 Å². The molecule has 2 saturated carbocycles. The number of amides is 1. The Bertz CT molecular complexity index is 534. The Morgan fingerprint density at radius 2 is 1.83 bits per heavy atom. The number of benzene rings is 1. The molecule has 1 aromatic rings. The van der Waals surface area contributed by atoms with Crippen molar-refractivity contribution in [2.24, 2.45) is 17.8 Å². The van der Waals surface area contributed by atoms with Crippen LogP contribution in [0.5, 0.6) is 0 Å². The number of halogens is 1. The Kier molecular flexibility index (Phi) is 7.57. The first kappa shape index (κ1) is 19.3. The zero-order valence-corrected chi connectivity index (χ0v) is 15.5. The van der Waals surface area contributed by atoms with Crippen molar-refractivity contribution >= 4 is 24.0 Å². The fourth-order valence-electron chi connectivity index (χ4n) is 4.40. The predicted octanol–water partition coefficient (Wildman–Crippen LogP) is 4.76. The molecule has 1 amide bonds. The molecule has 0 radical (unpaired) electrons. The van der Waals surface area contributed by atoms with Gasteiger partial charge in [0.2, 0.25) is 5.91 Å². The van der Waals surface area contributed by atoms with Gasteiger partial charge in [0.15, 0.2) is 0 Å². The lowest BCUT2D eigenvalue weighted by Gasteiger charge is -2.38. The third-order valence-electron chi connectivity index (χ3n) is 5.75. The van der Waals surface area contributed by atoms with E-state index in [2.05, 4.69) is 23.6 Å². The quantitative estimate of drug-likeness (QED) is 0.803. The molecule has 2 N–H and O–H groups in total. The molecule has 134 valence electrons. The van der Waals surface area contributed by atoms with E-state index in [0.717, 1.165) is 43.5 Å². The van der Waals surface area contributed by atoms with Crippen LogP contribution in [0.3, 0.4) is 0 Å². The first-order valence-corrected chi connectivity index (χ1v) is 9.37. The van der Waals surface area contributed by atoms with E-state index in [1.54, 1.807) is 0 Å². The molecule has 2 fully saturated rings. The van der Waals surface area contributed by atoms with E-state index in [1.165, 1.54) is 37.7 Å². The first-order valence-electron chi connectivity index (χ1n) is 9.37. The number of hydrogen-bond donors (Lipinski definition) is 2. The molecule has 2 aliphatic carbocycles. The van der Waals surface area contributed by atoms with Crippen molar-refractivity contribution in [1.82, 2.24) is 5.32 Å². The molecule has 0 heterocycles. The fraction of sp³-hybridized carbons (Fsp3) is 0.650. The summed E-state index contributed by atoms with van der Waals surface area (Å²) in [5.41, 5.74) is 2.15. The van der Waals surface area contributed by atoms with Gasteiger partial charge >= 0.3 is 0 Å². The van der Waals surface area contributed by atoms with Crippen molar-refractivity contribution in [3.63, 3.8) is 0 Å². The lowest BCUT2D eigenvalue weighted by Crippen LogP contribution is -2.34. The highest BCUT2D eigenvalue weighted by Gasteiger charge is 2.35. The smallest absolute Gasteiger partial charge is 0.227 e. The molecule has 3 atom stereocenters. The Hall–Kier alpha value is -1.06. The van der Waals surface area contributed by atoms with Crippen LogP contribution >= 0.6 is 12.4 Å². The molecule has 0 spiro atoms. The molecule has 0 aliphatic heterocycles. The zero-order chi connectivity index (χ0) is 16.1. The molecule has 3 unspecified atom stereocenters. The molecule has 3 rings (SSSR count). The molecule has 4 heteroatoms. The second kappa shape index (κ2) is 9.43. The normalized spacial score (nSPS) is 26.1. The van der Waals surface area contributed by atoms with Crippen LogP contribution < -0.4 is 10.6 Å². The SMILES string of the molecule is CCNCc1ccccc1NC(=O)C1CCC2CCCCC2C1.Cl. The van der Waals surface area contributed by atoms with E-state index in [9.17, 15) is 4.79 Å². The van der Waals surface area contributed by atoms with Crippen LogP contribution in [0.1, 0.15) is 57.4 Å². The summed E-state index contributed by atoms with van der Waals surface area (Å²) in [5, 5.41) is 6.55. The number of fused-ring (bicyclic) bond motifs is 1. The van der Waals surface area contributed by atoms with Crippen molar-refractivity contribution in [2.45, 2.75) is 58.4 Å². The summed E-state index contributed by atoms with van der Waals surface area (Å²) < 4.78 is 0. The summed E-state index contributed by atoms with van der Waals surface area (Å²) in [5.74, 6) is 2.14. The highest BCUT2D eigenvalue weighted by molar-refractivity contribution is 5.93. The third kappa shape index (κ3) is 4.73. The topological polar surface area (TPSA) is 41.1 Å². The summed E-state index contributed by atoms with van der Waals surface area (Å²) in [4.78, 5) is 12.7. The van der Waals surface area contributed by atoms with E-state index in [1.807, 2.05) is 18.2 Å². The minimum absolute atomic E-state index is 0. The minimum Gasteiger partial charge on any atom is -0.326 e. The van der Waals surface area contributed by atoms with Gasteiger partial charge in [0.1, 0.15) is 0 Å². The van der Waals surface area contributed by atoms with Crippen LogP contribution in [0.2, 0.25) is 0 Å². The molecule has 2 aliphatic rings. The van der Waals surface area contributed by atoms with Crippen molar-refractivity contribution in [3.05, 3.63) is 29.8 Å². The molecule has 0 aromatic heterocycles. The van der Waals surface area contributed by atoms with Gasteiger partial charge in [0, 0.05) is 18.2 Å². The van der Waals surface area contributed by atoms with Gasteiger partial charge in [-0.25, -0.2) is 0 Å². The zero-order valence-electron chi connectivity index (χ0n) is 14.7. The number of hydrogen-bond acceptors (Lipinski definition) is 2. The fourth-order valence-corrected chi connectivity index (χ4v) is 4.40. The van der Waals surface area contributed by atoms with Gasteiger partial charge in [-0.05, 0) is 49.3 Å². The molecular formula is C20H31ClN2O. The first-order chi connectivity index (χ1) is 11.3. The molecule has 24 heavy (non-hydrogen) atoms. The van der Waals surface area contributed by atoms with E-state index < -0.39 is 0 Å². The van der Waals surface area contributed by atoms with Gasteiger partial charge in [-0.3, -0.25) is 4.79 Å². The number of para-hydroxylation sites is 1. The highest BCUT2D eigenvalue weighted by atomic mass is 35.5. The number of carbonyl (C=O) groups excluding carboxylic acids is 1. The van der Waals surface area contributed by atoms with Crippen LogP contribution in [0.4, 0.5) is 5.69 Å². The van der Waals surface area contributed by atoms with E-state index in [0.29, 0.717) is 0 Å². The standard InChI is InChI=1S/C20H30N2O.ClH/c1-2-21-14-18-9-5-6-10-19(18)22-20(23)17-12-11-15-7-3-4-8-16(15)13-17;/h5-6,9-10,15-17,21H,2-4,7-8,11-14H2,1H3,(H,22,23);1H. The Labute approximate surface area is 152 Å². The van der Waals surface area contributed by atoms with Gasteiger partial charge in [-0.15, -0.1) is 12.4 Å². The van der Waals surface area contributed by atoms with Crippen LogP contribution in [-0.2, 0) is 11.3 Å². The monoisotopic (exact) mass is 350 g/mol. The molecule has 0 saturated heterocycles. The number of anilines is 1. The van der Waals surface area contributed by atoms with Gasteiger partial charge in [-0.1, -0.05) is 50.8 Å². The second-order valence-corrected chi connectivity index (χ2v) is 7.24. The van der Waals surface area contributed by atoms with Crippen molar-refractivity contribution < 1.29 is 4.79 Å². The lowest BCUT2D eigenvalue weighted by molar-refractivity contribution is -0.122. The average Bonchev–Trinajstić information content (AvgIpc) is 2.60. The molecule has 1 aromatic carbocycles.